The summed E-state index contributed by atoms with van der Waals surface area (Å²) in [6.07, 6.45) is -0.313. The van der Waals surface area contributed by atoms with Gasteiger partial charge in [0.05, 0.1) is 22.9 Å². The van der Waals surface area contributed by atoms with Crippen molar-refractivity contribution < 1.29 is 22.0 Å². The topological polar surface area (TPSA) is 95.7 Å². The fourth-order valence-corrected chi connectivity index (χ4v) is 6.02. The fourth-order valence-electron chi connectivity index (χ4n) is 4.46. The Kier molecular flexibility index (Phi) is 5.27. The molecule has 2 aromatic carbocycles. The highest BCUT2D eigenvalue weighted by Crippen LogP contribution is 2.42. The molecule has 0 bridgehead atoms. The molecule has 2 saturated heterocycles. The van der Waals surface area contributed by atoms with Crippen LogP contribution in [0.4, 0.5) is 14.5 Å². The number of likely N-dealkylation sites (N-methyl/N-ethyl adjacent to an activating group) is 1. The number of carbonyl (C=O) groups is 1. The van der Waals surface area contributed by atoms with E-state index in [-0.39, 0.29) is 17.2 Å². The van der Waals surface area contributed by atoms with Gasteiger partial charge in [0, 0.05) is 25.2 Å². The molecule has 2 aliphatic heterocycles. The average molecular weight is 451 g/mol. The second-order valence-electron chi connectivity index (χ2n) is 8.13. The first-order valence-electron chi connectivity index (χ1n) is 9.90. The number of carbonyl (C=O) groups excluding carboxylic acids is 1. The van der Waals surface area contributed by atoms with Gasteiger partial charge in [0.15, 0.2) is 0 Å². The number of rotatable bonds is 3. The van der Waals surface area contributed by atoms with E-state index in [1.807, 2.05) is 0 Å². The third-order valence-electron chi connectivity index (χ3n) is 6.14. The molecule has 3 atom stereocenters. The van der Waals surface area contributed by atoms with Crippen molar-refractivity contribution >= 4 is 21.6 Å². The van der Waals surface area contributed by atoms with Crippen molar-refractivity contribution in [1.29, 1.82) is 0 Å². The first kappa shape index (κ1) is 21.7. The van der Waals surface area contributed by atoms with E-state index in [1.165, 1.54) is 15.3 Å². The van der Waals surface area contributed by atoms with Crippen LogP contribution in [0.5, 0.6) is 0 Å². The van der Waals surface area contributed by atoms with Crippen LogP contribution in [-0.2, 0) is 20.4 Å². The van der Waals surface area contributed by atoms with Crippen molar-refractivity contribution in [2.24, 2.45) is 5.73 Å². The minimum atomic E-state index is -3.34. The molecule has 1 unspecified atom stereocenters. The van der Waals surface area contributed by atoms with Crippen molar-refractivity contribution in [2.45, 2.75) is 31.1 Å². The van der Waals surface area contributed by atoms with Gasteiger partial charge in [-0.25, -0.2) is 17.2 Å². The van der Waals surface area contributed by atoms with Crippen LogP contribution in [0, 0.1) is 11.6 Å². The SMILES string of the molecule is CN1C(=O)[C@@H](c2ccc(N3CCCS3(=O)=O)cc2)[C@@](C)(c2ccc(F)cc2F)NC1N. The minimum Gasteiger partial charge on any atom is -0.317 e. The largest absolute Gasteiger partial charge is 0.317 e. The lowest BCUT2D eigenvalue weighted by Crippen LogP contribution is -2.68. The third-order valence-corrected chi connectivity index (χ3v) is 8.01. The maximum absolute atomic E-state index is 14.8. The van der Waals surface area contributed by atoms with Crippen LogP contribution >= 0.6 is 0 Å². The molecule has 4 rings (SSSR count). The quantitative estimate of drug-likeness (QED) is 0.744. The summed E-state index contributed by atoms with van der Waals surface area (Å²) in [7, 11) is -1.80. The number of anilines is 1. The number of halogens is 2. The van der Waals surface area contributed by atoms with Crippen LogP contribution in [0.1, 0.15) is 30.4 Å². The van der Waals surface area contributed by atoms with E-state index in [4.69, 9.17) is 5.73 Å². The highest BCUT2D eigenvalue weighted by molar-refractivity contribution is 7.93. The molecule has 1 amide bonds. The van der Waals surface area contributed by atoms with Gasteiger partial charge in [0.2, 0.25) is 15.9 Å². The lowest BCUT2D eigenvalue weighted by Gasteiger charge is -2.48. The van der Waals surface area contributed by atoms with E-state index in [9.17, 15) is 22.0 Å². The summed E-state index contributed by atoms with van der Waals surface area (Å²) >= 11 is 0. The van der Waals surface area contributed by atoms with Gasteiger partial charge in [-0.3, -0.25) is 20.2 Å². The lowest BCUT2D eigenvalue weighted by atomic mass is 9.73. The van der Waals surface area contributed by atoms with E-state index >= 15 is 0 Å². The van der Waals surface area contributed by atoms with E-state index in [1.54, 1.807) is 38.2 Å². The smallest absolute Gasteiger partial charge is 0.235 e. The van der Waals surface area contributed by atoms with Crippen LogP contribution in [-0.4, -0.2) is 44.9 Å². The van der Waals surface area contributed by atoms with Crippen LogP contribution < -0.4 is 15.4 Å². The average Bonchev–Trinajstić information content (AvgIpc) is 3.05. The Balaban J connectivity index is 1.78. The van der Waals surface area contributed by atoms with Crippen LogP contribution in [0.2, 0.25) is 0 Å². The Hall–Kier alpha value is -2.56. The Morgan fingerprint density at radius 1 is 1.16 bits per heavy atom. The standard InChI is InChI=1S/C21H24F2N4O3S/c1-21(16-9-6-14(22)12-17(16)23)18(19(28)26(2)20(24)25-21)13-4-7-15(8-5-13)27-10-3-11-31(27,29)30/h4-9,12,18,20,25H,3,10-11,24H2,1-2H3/t18-,20?,21-/m1/s1. The fraction of sp³-hybridized carbons (Fsp3) is 0.381. The molecule has 31 heavy (non-hydrogen) atoms. The van der Waals surface area contributed by atoms with Crippen LogP contribution in [0.15, 0.2) is 42.5 Å². The highest BCUT2D eigenvalue weighted by atomic mass is 32.2. The van der Waals surface area contributed by atoms with Crippen molar-refractivity contribution in [3.63, 3.8) is 0 Å². The number of benzene rings is 2. The molecule has 3 N–H and O–H groups in total. The van der Waals surface area contributed by atoms with Gasteiger partial charge in [-0.1, -0.05) is 18.2 Å². The number of nitrogens with zero attached hydrogens (tertiary/aromatic N) is 2. The molecule has 2 fully saturated rings. The second-order valence-corrected chi connectivity index (χ2v) is 10.1. The Bertz CT molecular complexity index is 1130. The molecule has 2 heterocycles. The van der Waals surface area contributed by atoms with Gasteiger partial charge in [-0.2, -0.15) is 0 Å². The molecule has 0 saturated carbocycles. The van der Waals surface area contributed by atoms with E-state index in [2.05, 4.69) is 5.32 Å². The van der Waals surface area contributed by atoms with Crippen LogP contribution in [0.3, 0.4) is 0 Å². The van der Waals surface area contributed by atoms with Gasteiger partial charge in [0.25, 0.3) is 0 Å². The minimum absolute atomic E-state index is 0.102. The molecule has 0 aliphatic carbocycles. The third kappa shape index (κ3) is 3.58. The number of sulfonamides is 1. The molecule has 2 aliphatic rings. The van der Waals surface area contributed by atoms with Gasteiger partial charge in [-0.05, 0) is 37.1 Å². The van der Waals surface area contributed by atoms with Gasteiger partial charge < -0.3 is 4.90 Å². The normalized spacial score (nSPS) is 28.2. The van der Waals surface area contributed by atoms with E-state index in [0.29, 0.717) is 24.2 Å². The molecule has 0 radical (unpaired) electrons. The molecular formula is C21H24F2N4O3S. The van der Waals surface area contributed by atoms with Crippen molar-refractivity contribution in [3.8, 4) is 0 Å². The monoisotopic (exact) mass is 450 g/mol. The molecule has 0 spiro atoms. The predicted octanol–water partition coefficient (Wildman–Crippen LogP) is 1.81. The summed E-state index contributed by atoms with van der Waals surface area (Å²) in [5, 5.41) is 3.09. The summed E-state index contributed by atoms with van der Waals surface area (Å²) in [5.41, 5.74) is 5.98. The molecule has 10 heteroatoms. The number of nitrogens with two attached hydrogens (primary N) is 1. The Morgan fingerprint density at radius 3 is 2.42 bits per heavy atom. The summed E-state index contributed by atoms with van der Waals surface area (Å²) < 4.78 is 54.0. The Morgan fingerprint density at radius 2 is 1.84 bits per heavy atom. The summed E-state index contributed by atoms with van der Waals surface area (Å²) in [6, 6.07) is 9.83. The Labute approximate surface area is 179 Å². The molecule has 0 aromatic heterocycles. The summed E-state index contributed by atoms with van der Waals surface area (Å²) in [6.45, 7) is 2.05. The number of amides is 1. The summed E-state index contributed by atoms with van der Waals surface area (Å²) in [4.78, 5) is 14.6. The van der Waals surface area contributed by atoms with Crippen molar-refractivity contribution in [3.05, 3.63) is 65.2 Å². The highest BCUT2D eigenvalue weighted by Gasteiger charge is 2.50. The molecule has 166 valence electrons. The van der Waals surface area contributed by atoms with E-state index in [0.717, 1.165) is 12.1 Å². The van der Waals surface area contributed by atoms with Gasteiger partial charge in [0.1, 0.15) is 17.9 Å². The summed E-state index contributed by atoms with van der Waals surface area (Å²) in [5.74, 6) is -2.62. The maximum atomic E-state index is 14.8. The zero-order chi connectivity index (χ0) is 22.6. The van der Waals surface area contributed by atoms with Gasteiger partial charge in [-0.15, -0.1) is 0 Å². The van der Waals surface area contributed by atoms with E-state index < -0.39 is 39.4 Å². The number of hydrogen-bond donors (Lipinski definition) is 2. The maximum Gasteiger partial charge on any atom is 0.235 e. The predicted molar refractivity (Wildman–Crippen MR) is 113 cm³/mol. The zero-order valence-electron chi connectivity index (χ0n) is 17.2. The van der Waals surface area contributed by atoms with Crippen molar-refractivity contribution in [2.75, 3.05) is 23.7 Å². The first-order valence-corrected chi connectivity index (χ1v) is 11.5. The molecule has 7 nitrogen and oxygen atoms in total. The zero-order valence-corrected chi connectivity index (χ0v) is 18.0. The van der Waals surface area contributed by atoms with Crippen LogP contribution in [0.25, 0.3) is 0 Å². The second kappa shape index (κ2) is 7.54. The molecule has 2 aromatic rings. The van der Waals surface area contributed by atoms with Crippen molar-refractivity contribution in [1.82, 2.24) is 10.2 Å². The number of hydrogen-bond acceptors (Lipinski definition) is 5. The van der Waals surface area contributed by atoms with Gasteiger partial charge >= 0.3 is 0 Å². The lowest BCUT2D eigenvalue weighted by molar-refractivity contribution is -0.142. The first-order chi connectivity index (χ1) is 14.5. The number of nitrogens with one attached hydrogen (secondary N) is 1. The molecular weight excluding hydrogens is 426 g/mol.